The van der Waals surface area contributed by atoms with Crippen LogP contribution in [0.3, 0.4) is 0 Å². The molecule has 0 aliphatic carbocycles. The number of hydrazone groups is 2. The molecular weight excluding hydrogens is 476 g/mol. The Kier molecular flexibility index (Phi) is 7.45. The summed E-state index contributed by atoms with van der Waals surface area (Å²) in [6, 6.07) is 33.3. The molecule has 0 saturated heterocycles. The number of carbonyl (C=O) groups is 1. The Labute approximate surface area is 222 Å². The fourth-order valence-corrected chi connectivity index (χ4v) is 4.32. The zero-order chi connectivity index (χ0) is 26.3. The number of methoxy groups -OCH3 is 2. The number of amides is 1. The summed E-state index contributed by atoms with van der Waals surface area (Å²) in [6.45, 7) is 0. The molecule has 1 heterocycles. The van der Waals surface area contributed by atoms with Gasteiger partial charge in [-0.05, 0) is 65.2 Å². The summed E-state index contributed by atoms with van der Waals surface area (Å²) in [5.41, 5.74) is 8.21. The summed E-state index contributed by atoms with van der Waals surface area (Å²) in [4.78, 5) is 12.3. The number of nitrogens with zero attached hydrogens (tertiary/aromatic N) is 3. The normalized spacial score (nSPS) is 14.8. The molecule has 1 amide bonds. The van der Waals surface area contributed by atoms with Gasteiger partial charge in [0, 0.05) is 12.0 Å². The van der Waals surface area contributed by atoms with Crippen LogP contribution in [0.15, 0.2) is 113 Å². The SMILES string of the molecule is COc1ccc(C(=O)N/N=C/c2ccc(N3N=C(c4ccccc4)CC3c3ccc(OC)cc3)cc2)cc1. The Hall–Kier alpha value is -4.91. The van der Waals surface area contributed by atoms with E-state index in [1.165, 1.54) is 0 Å². The lowest BCUT2D eigenvalue weighted by Gasteiger charge is -2.24. The first kappa shape index (κ1) is 24.8. The Morgan fingerprint density at radius 2 is 1.50 bits per heavy atom. The third kappa shape index (κ3) is 5.57. The van der Waals surface area contributed by atoms with Crippen molar-refractivity contribution in [2.24, 2.45) is 10.2 Å². The zero-order valence-electron chi connectivity index (χ0n) is 21.2. The maximum absolute atomic E-state index is 12.3. The monoisotopic (exact) mass is 504 g/mol. The molecule has 1 unspecified atom stereocenters. The van der Waals surface area contributed by atoms with Crippen molar-refractivity contribution in [1.82, 2.24) is 5.43 Å². The van der Waals surface area contributed by atoms with Gasteiger partial charge in [-0.25, -0.2) is 5.43 Å². The second-order valence-electron chi connectivity index (χ2n) is 8.77. The predicted molar refractivity (Wildman–Crippen MR) is 150 cm³/mol. The minimum Gasteiger partial charge on any atom is -0.497 e. The topological polar surface area (TPSA) is 75.5 Å². The standard InChI is InChI=1S/C31H28N4O3/c1-37-27-16-10-24(11-17-27)30-20-29(23-6-4-3-5-7-23)34-35(30)26-14-8-22(9-15-26)21-32-33-31(36)25-12-18-28(38-2)19-13-25/h3-19,21,30H,20H2,1-2H3,(H,33,36)/b32-21+. The molecule has 1 atom stereocenters. The average molecular weight is 505 g/mol. The van der Waals surface area contributed by atoms with Crippen molar-refractivity contribution in [3.63, 3.8) is 0 Å². The van der Waals surface area contributed by atoms with Crippen LogP contribution in [0, 0.1) is 0 Å². The summed E-state index contributed by atoms with van der Waals surface area (Å²) in [6.07, 6.45) is 2.41. The first-order chi connectivity index (χ1) is 18.6. The van der Waals surface area contributed by atoms with E-state index in [0.29, 0.717) is 11.3 Å². The van der Waals surface area contributed by atoms with Crippen LogP contribution < -0.4 is 19.9 Å². The molecule has 38 heavy (non-hydrogen) atoms. The fourth-order valence-electron chi connectivity index (χ4n) is 4.32. The van der Waals surface area contributed by atoms with E-state index < -0.39 is 0 Å². The lowest BCUT2D eigenvalue weighted by Crippen LogP contribution is -2.18. The highest BCUT2D eigenvalue weighted by atomic mass is 16.5. The van der Waals surface area contributed by atoms with E-state index in [-0.39, 0.29) is 11.9 Å². The molecule has 190 valence electrons. The zero-order valence-corrected chi connectivity index (χ0v) is 21.2. The first-order valence-electron chi connectivity index (χ1n) is 12.3. The number of anilines is 1. The number of hydrogen-bond acceptors (Lipinski definition) is 6. The molecule has 7 heteroatoms. The molecule has 1 N–H and O–H groups in total. The van der Waals surface area contributed by atoms with Crippen molar-refractivity contribution < 1.29 is 14.3 Å². The first-order valence-corrected chi connectivity index (χ1v) is 12.3. The van der Waals surface area contributed by atoms with Gasteiger partial charge < -0.3 is 9.47 Å². The number of hydrogen-bond donors (Lipinski definition) is 1. The molecule has 5 rings (SSSR count). The number of carbonyl (C=O) groups excluding carboxylic acids is 1. The van der Waals surface area contributed by atoms with Gasteiger partial charge >= 0.3 is 0 Å². The fraction of sp³-hybridized carbons (Fsp3) is 0.129. The summed E-state index contributed by atoms with van der Waals surface area (Å²) >= 11 is 0. The van der Waals surface area contributed by atoms with Gasteiger partial charge in [-0.1, -0.05) is 54.6 Å². The minimum absolute atomic E-state index is 0.0550. The number of ether oxygens (including phenoxy) is 2. The van der Waals surface area contributed by atoms with Crippen molar-refractivity contribution in [2.75, 3.05) is 19.2 Å². The predicted octanol–water partition coefficient (Wildman–Crippen LogP) is 5.82. The third-order valence-electron chi connectivity index (χ3n) is 6.41. The molecule has 1 aliphatic heterocycles. The van der Waals surface area contributed by atoms with Gasteiger partial charge in [0.25, 0.3) is 5.91 Å². The molecular formula is C31H28N4O3. The van der Waals surface area contributed by atoms with Gasteiger partial charge in [-0.3, -0.25) is 9.80 Å². The average Bonchev–Trinajstić information content (AvgIpc) is 3.43. The van der Waals surface area contributed by atoms with E-state index in [1.807, 2.05) is 54.6 Å². The van der Waals surface area contributed by atoms with Gasteiger partial charge in [0.05, 0.1) is 37.9 Å². The number of benzene rings is 4. The van der Waals surface area contributed by atoms with Crippen molar-refractivity contribution in [3.05, 3.63) is 125 Å². The molecule has 4 aromatic carbocycles. The molecule has 0 bridgehead atoms. The summed E-state index contributed by atoms with van der Waals surface area (Å²) < 4.78 is 10.5. The van der Waals surface area contributed by atoms with E-state index in [0.717, 1.165) is 40.3 Å². The maximum Gasteiger partial charge on any atom is 0.271 e. The van der Waals surface area contributed by atoms with Crippen LogP contribution in [-0.4, -0.2) is 32.1 Å². The number of nitrogens with one attached hydrogen (secondary N) is 1. The largest absolute Gasteiger partial charge is 0.497 e. The van der Waals surface area contributed by atoms with Gasteiger partial charge in [-0.15, -0.1) is 0 Å². The second kappa shape index (κ2) is 11.4. The van der Waals surface area contributed by atoms with Crippen LogP contribution in [-0.2, 0) is 0 Å². The van der Waals surface area contributed by atoms with Crippen LogP contribution in [0.1, 0.15) is 39.5 Å². The Morgan fingerprint density at radius 1 is 0.868 bits per heavy atom. The van der Waals surface area contributed by atoms with Crippen molar-refractivity contribution in [3.8, 4) is 11.5 Å². The lowest BCUT2D eigenvalue weighted by molar-refractivity contribution is 0.0955. The van der Waals surface area contributed by atoms with Crippen molar-refractivity contribution in [2.45, 2.75) is 12.5 Å². The highest BCUT2D eigenvalue weighted by molar-refractivity contribution is 6.03. The van der Waals surface area contributed by atoms with Crippen molar-refractivity contribution in [1.29, 1.82) is 0 Å². The van der Waals surface area contributed by atoms with Gasteiger partial charge in [0.15, 0.2) is 0 Å². The second-order valence-corrected chi connectivity index (χ2v) is 8.77. The molecule has 1 aliphatic rings. The smallest absolute Gasteiger partial charge is 0.271 e. The number of rotatable bonds is 8. The van der Waals surface area contributed by atoms with Crippen LogP contribution >= 0.6 is 0 Å². The van der Waals surface area contributed by atoms with E-state index in [9.17, 15) is 4.79 Å². The van der Waals surface area contributed by atoms with E-state index in [1.54, 1.807) is 44.7 Å². The quantitative estimate of drug-likeness (QED) is 0.242. The summed E-state index contributed by atoms with van der Waals surface area (Å²) in [7, 11) is 3.25. The highest BCUT2D eigenvalue weighted by Crippen LogP contribution is 2.37. The van der Waals surface area contributed by atoms with Crippen LogP contribution in [0.4, 0.5) is 5.69 Å². The van der Waals surface area contributed by atoms with Gasteiger partial charge in [0.2, 0.25) is 0 Å². The van der Waals surface area contributed by atoms with Crippen molar-refractivity contribution >= 4 is 23.5 Å². The highest BCUT2D eigenvalue weighted by Gasteiger charge is 2.29. The molecule has 0 saturated carbocycles. The Bertz CT molecular complexity index is 1430. The van der Waals surface area contributed by atoms with E-state index in [4.69, 9.17) is 14.6 Å². The van der Waals surface area contributed by atoms with Crippen LogP contribution in [0.25, 0.3) is 0 Å². The van der Waals surface area contributed by atoms with Gasteiger partial charge in [-0.2, -0.15) is 10.2 Å². The molecule has 7 nitrogen and oxygen atoms in total. The molecule has 4 aromatic rings. The minimum atomic E-state index is -0.289. The van der Waals surface area contributed by atoms with E-state index in [2.05, 4.69) is 39.8 Å². The van der Waals surface area contributed by atoms with Crippen LogP contribution in [0.5, 0.6) is 11.5 Å². The molecule has 0 fully saturated rings. The molecule has 0 aromatic heterocycles. The Balaban J connectivity index is 1.32. The van der Waals surface area contributed by atoms with Gasteiger partial charge in [0.1, 0.15) is 11.5 Å². The third-order valence-corrected chi connectivity index (χ3v) is 6.41. The molecule has 0 spiro atoms. The Morgan fingerprint density at radius 3 is 2.13 bits per heavy atom. The lowest BCUT2D eigenvalue weighted by atomic mass is 9.98. The summed E-state index contributed by atoms with van der Waals surface area (Å²) in [5.74, 6) is 1.23. The van der Waals surface area contributed by atoms with E-state index >= 15 is 0 Å². The maximum atomic E-state index is 12.3. The summed E-state index contributed by atoms with van der Waals surface area (Å²) in [5, 5.41) is 11.2. The molecule has 0 radical (unpaired) electrons. The van der Waals surface area contributed by atoms with Crippen LogP contribution in [0.2, 0.25) is 0 Å².